The number of rotatable bonds is 0. The maximum atomic E-state index is 8.13. The van der Waals surface area contributed by atoms with Crippen molar-refractivity contribution in [1.82, 2.24) is 9.03 Å². The monoisotopic (exact) mass is 113 g/mol. The standard InChI is InChI=1S/C3H3N3S/c4-3-6-2-1-5-7-6/h1-2,5H. The van der Waals surface area contributed by atoms with Crippen LogP contribution in [-0.4, -0.2) is 4.31 Å². The minimum atomic E-state index is 1.25. The summed E-state index contributed by atoms with van der Waals surface area (Å²) in [4.78, 5) is 0. The van der Waals surface area contributed by atoms with Crippen LogP contribution < -0.4 is 4.72 Å². The van der Waals surface area contributed by atoms with Crippen LogP contribution in [0.4, 0.5) is 0 Å². The number of nitrogens with zero attached hydrogens (tertiary/aromatic N) is 2. The number of nitrogens with one attached hydrogen (secondary N) is 1. The van der Waals surface area contributed by atoms with E-state index in [0.29, 0.717) is 0 Å². The summed E-state index contributed by atoms with van der Waals surface area (Å²) < 4.78 is 4.18. The van der Waals surface area contributed by atoms with Gasteiger partial charge in [-0.15, -0.1) is 0 Å². The third kappa shape index (κ3) is 0.783. The summed E-state index contributed by atoms with van der Waals surface area (Å²) in [6.45, 7) is 0. The van der Waals surface area contributed by atoms with Crippen LogP contribution in [0.2, 0.25) is 0 Å². The van der Waals surface area contributed by atoms with Crippen LogP contribution in [0.3, 0.4) is 0 Å². The van der Waals surface area contributed by atoms with E-state index in [-0.39, 0.29) is 0 Å². The quantitative estimate of drug-likeness (QED) is 0.364. The molecular weight excluding hydrogens is 110 g/mol. The Hall–Kier alpha value is -0.820. The molecule has 1 aliphatic rings. The molecule has 0 saturated carbocycles. The van der Waals surface area contributed by atoms with Gasteiger partial charge in [0.2, 0.25) is 0 Å². The predicted molar refractivity (Wildman–Crippen MR) is 27.3 cm³/mol. The fraction of sp³-hybridized carbons (Fsp3) is 0. The topological polar surface area (TPSA) is 39.1 Å². The fourth-order valence-corrected chi connectivity index (χ4v) is 0.667. The van der Waals surface area contributed by atoms with Crippen molar-refractivity contribution < 1.29 is 0 Å². The van der Waals surface area contributed by atoms with Gasteiger partial charge in [0.25, 0.3) is 0 Å². The lowest BCUT2D eigenvalue weighted by Crippen LogP contribution is -1.94. The molecule has 36 valence electrons. The number of hydrogen-bond acceptors (Lipinski definition) is 4. The molecule has 0 bridgehead atoms. The molecule has 1 heterocycles. The second kappa shape index (κ2) is 1.76. The van der Waals surface area contributed by atoms with Crippen molar-refractivity contribution in [2.24, 2.45) is 0 Å². The van der Waals surface area contributed by atoms with E-state index in [1.807, 2.05) is 6.19 Å². The first-order valence-electron chi connectivity index (χ1n) is 1.71. The second-order valence-electron chi connectivity index (χ2n) is 0.951. The zero-order chi connectivity index (χ0) is 5.11. The molecule has 0 aromatic rings. The van der Waals surface area contributed by atoms with Crippen LogP contribution in [0, 0.1) is 11.5 Å². The third-order valence-electron chi connectivity index (χ3n) is 0.528. The molecule has 1 rings (SSSR count). The van der Waals surface area contributed by atoms with Gasteiger partial charge < -0.3 is 4.72 Å². The summed E-state index contributed by atoms with van der Waals surface area (Å²) in [5, 5.41) is 8.13. The van der Waals surface area contributed by atoms with Gasteiger partial charge in [-0.2, -0.15) is 5.26 Å². The van der Waals surface area contributed by atoms with Gasteiger partial charge in [-0.3, -0.25) is 0 Å². The van der Waals surface area contributed by atoms with E-state index < -0.39 is 0 Å². The highest BCUT2D eigenvalue weighted by atomic mass is 32.2. The summed E-state index contributed by atoms with van der Waals surface area (Å²) in [7, 11) is 0. The molecule has 0 radical (unpaired) electrons. The van der Waals surface area contributed by atoms with Crippen molar-refractivity contribution >= 4 is 12.1 Å². The Morgan fingerprint density at radius 2 is 2.71 bits per heavy atom. The lowest BCUT2D eigenvalue weighted by molar-refractivity contribution is 0.892. The van der Waals surface area contributed by atoms with Gasteiger partial charge in [-0.05, 0) is 0 Å². The lowest BCUT2D eigenvalue weighted by atomic mass is 10.9. The van der Waals surface area contributed by atoms with Crippen molar-refractivity contribution in [2.45, 2.75) is 0 Å². The van der Waals surface area contributed by atoms with Crippen molar-refractivity contribution in [3.05, 3.63) is 12.4 Å². The molecule has 1 aliphatic heterocycles. The van der Waals surface area contributed by atoms with Gasteiger partial charge in [0.15, 0.2) is 6.19 Å². The number of hydrogen-bond donors (Lipinski definition) is 1. The Morgan fingerprint density at radius 1 is 1.86 bits per heavy atom. The highest BCUT2D eigenvalue weighted by Crippen LogP contribution is 2.08. The van der Waals surface area contributed by atoms with E-state index in [9.17, 15) is 0 Å². The molecule has 0 aromatic carbocycles. The fourth-order valence-electron chi connectivity index (χ4n) is 0.270. The van der Waals surface area contributed by atoms with Gasteiger partial charge in [0, 0.05) is 12.4 Å². The average Bonchev–Trinajstić information content (AvgIpc) is 2.14. The predicted octanol–water partition coefficient (Wildman–Crippen LogP) is 0.407. The first-order valence-corrected chi connectivity index (χ1v) is 2.49. The van der Waals surface area contributed by atoms with Crippen LogP contribution in [0.1, 0.15) is 0 Å². The minimum Gasteiger partial charge on any atom is -0.316 e. The van der Waals surface area contributed by atoms with Gasteiger partial charge in [-0.25, -0.2) is 4.31 Å². The summed E-state index contributed by atoms with van der Waals surface area (Å²) in [6, 6.07) is 0. The van der Waals surface area contributed by atoms with Crippen molar-refractivity contribution in [3.8, 4) is 6.19 Å². The molecule has 0 saturated heterocycles. The summed E-state index contributed by atoms with van der Waals surface area (Å²) >= 11 is 1.25. The normalized spacial score (nSPS) is 16.1. The summed E-state index contributed by atoms with van der Waals surface area (Å²) in [5.74, 6) is 0. The Balaban J connectivity index is 2.47. The third-order valence-corrected chi connectivity index (χ3v) is 1.17. The molecule has 0 aliphatic carbocycles. The smallest absolute Gasteiger partial charge is 0.196 e. The molecule has 1 N–H and O–H groups in total. The van der Waals surface area contributed by atoms with Crippen LogP contribution in [-0.2, 0) is 0 Å². The molecule has 4 heteroatoms. The SMILES string of the molecule is N#CN1C=CNS1. The average molecular weight is 113 g/mol. The van der Waals surface area contributed by atoms with E-state index in [2.05, 4.69) is 4.72 Å². The molecular formula is C3H3N3S. The van der Waals surface area contributed by atoms with E-state index in [4.69, 9.17) is 5.26 Å². The first-order chi connectivity index (χ1) is 3.43. The van der Waals surface area contributed by atoms with Crippen LogP contribution in [0.15, 0.2) is 12.4 Å². The first kappa shape index (κ1) is 4.34. The minimum absolute atomic E-state index is 1.25. The molecule has 0 aromatic heterocycles. The highest BCUT2D eigenvalue weighted by molar-refractivity contribution is 7.95. The van der Waals surface area contributed by atoms with E-state index in [1.165, 1.54) is 16.4 Å². The zero-order valence-corrected chi connectivity index (χ0v) is 4.27. The summed E-state index contributed by atoms with van der Waals surface area (Å²) in [5.41, 5.74) is 0. The van der Waals surface area contributed by atoms with Crippen molar-refractivity contribution in [1.29, 1.82) is 5.26 Å². The van der Waals surface area contributed by atoms with Gasteiger partial charge in [0.1, 0.15) is 0 Å². The molecule has 7 heavy (non-hydrogen) atoms. The maximum absolute atomic E-state index is 8.13. The Morgan fingerprint density at radius 3 is 3.00 bits per heavy atom. The van der Waals surface area contributed by atoms with E-state index in [0.717, 1.165) is 0 Å². The lowest BCUT2D eigenvalue weighted by Gasteiger charge is -1.94. The Labute approximate surface area is 45.9 Å². The van der Waals surface area contributed by atoms with Crippen molar-refractivity contribution in [2.75, 3.05) is 0 Å². The van der Waals surface area contributed by atoms with Gasteiger partial charge in [0.05, 0.1) is 12.1 Å². The van der Waals surface area contributed by atoms with Gasteiger partial charge >= 0.3 is 0 Å². The van der Waals surface area contributed by atoms with E-state index >= 15 is 0 Å². The highest BCUT2D eigenvalue weighted by Gasteiger charge is 1.99. The van der Waals surface area contributed by atoms with E-state index in [1.54, 1.807) is 12.4 Å². The van der Waals surface area contributed by atoms with Crippen LogP contribution in [0.5, 0.6) is 0 Å². The Bertz CT molecular complexity index is 125. The van der Waals surface area contributed by atoms with Crippen molar-refractivity contribution in [3.63, 3.8) is 0 Å². The van der Waals surface area contributed by atoms with Crippen LogP contribution in [0.25, 0.3) is 0 Å². The molecule has 0 unspecified atom stereocenters. The largest absolute Gasteiger partial charge is 0.316 e. The van der Waals surface area contributed by atoms with Crippen LogP contribution >= 0.6 is 12.1 Å². The second-order valence-corrected chi connectivity index (χ2v) is 1.76. The molecule has 0 atom stereocenters. The molecule has 3 nitrogen and oxygen atoms in total. The molecule has 0 amide bonds. The maximum Gasteiger partial charge on any atom is 0.196 e. The number of nitriles is 1. The summed E-state index contributed by atoms with van der Waals surface area (Å²) in [6.07, 6.45) is 5.27. The molecule has 0 spiro atoms. The Kier molecular flexibility index (Phi) is 1.09. The zero-order valence-electron chi connectivity index (χ0n) is 3.46. The molecule has 0 fully saturated rings. The van der Waals surface area contributed by atoms with Gasteiger partial charge in [-0.1, -0.05) is 0 Å².